The van der Waals surface area contributed by atoms with Crippen LogP contribution in [0.3, 0.4) is 0 Å². The maximum atomic E-state index is 13.0. The summed E-state index contributed by atoms with van der Waals surface area (Å²) < 4.78 is 19.8. The van der Waals surface area contributed by atoms with E-state index >= 15 is 0 Å². The van der Waals surface area contributed by atoms with Crippen molar-refractivity contribution in [2.24, 2.45) is 0 Å². The molecule has 0 aliphatic heterocycles. The third kappa shape index (κ3) is 3.95. The van der Waals surface area contributed by atoms with Gasteiger partial charge in [0.15, 0.2) is 0 Å². The number of rotatable bonds is 6. The normalized spacial score (nSPS) is 12.1. The van der Waals surface area contributed by atoms with Gasteiger partial charge in [0.2, 0.25) is 5.91 Å². The van der Waals surface area contributed by atoms with E-state index in [1.807, 2.05) is 0 Å². The number of carbonyl (C=O) groups excluding carboxylic acids is 1. The summed E-state index contributed by atoms with van der Waals surface area (Å²) in [6.45, 7) is 0.390. The Morgan fingerprint density at radius 2 is 2.12 bits per heavy atom. The Kier molecular flexibility index (Phi) is 4.95. The Bertz CT molecular complexity index is 828. The first-order chi connectivity index (χ1) is 12.0. The largest absolute Gasteiger partial charge is 0.467 e. The van der Waals surface area contributed by atoms with Crippen LogP contribution in [0, 0.1) is 5.82 Å². The fourth-order valence-electron chi connectivity index (χ4n) is 2.49. The number of hydrogen-bond donors (Lipinski definition) is 1. The Morgan fingerprint density at radius 1 is 1.36 bits per heavy atom. The molecule has 0 saturated heterocycles. The molecule has 25 heavy (non-hydrogen) atoms. The third-order valence-corrected chi connectivity index (χ3v) is 3.88. The van der Waals surface area contributed by atoms with Gasteiger partial charge in [-0.15, -0.1) is 0 Å². The van der Waals surface area contributed by atoms with Crippen molar-refractivity contribution >= 4 is 5.91 Å². The average Bonchev–Trinajstić information content (AvgIpc) is 3.26. The molecule has 0 bridgehead atoms. The topological polar surface area (TPSA) is 71.5 Å². The van der Waals surface area contributed by atoms with Gasteiger partial charge in [-0.1, -0.05) is 12.1 Å². The molecule has 0 aliphatic rings. The first kappa shape index (κ1) is 16.9. The van der Waals surface area contributed by atoms with Crippen molar-refractivity contribution < 1.29 is 18.7 Å². The fraction of sp³-hybridized carbons (Fsp3) is 0.222. The van der Waals surface area contributed by atoms with Gasteiger partial charge in [-0.2, -0.15) is 0 Å². The van der Waals surface area contributed by atoms with Crippen LogP contribution in [0.25, 0.3) is 0 Å². The Labute approximate surface area is 144 Å². The second-order valence-electron chi connectivity index (χ2n) is 5.70. The number of amides is 1. The predicted molar refractivity (Wildman–Crippen MR) is 87.9 cm³/mol. The highest BCUT2D eigenvalue weighted by Crippen LogP contribution is 2.21. The molecule has 7 heteroatoms. The van der Waals surface area contributed by atoms with Crippen molar-refractivity contribution in [3.05, 3.63) is 78.0 Å². The minimum absolute atomic E-state index is 0.0325. The number of halogens is 1. The molecule has 2 heterocycles. The standard InChI is InChI=1S/C18H18FN3O3/c1-21(11-15-3-2-10-25-15)16(23)12-22-9-8-20-18(22)17(24)13-4-6-14(19)7-5-13/h2-10,17,24H,11-12H2,1H3/t17-/m0/s1. The van der Waals surface area contributed by atoms with E-state index < -0.39 is 6.10 Å². The van der Waals surface area contributed by atoms with Crippen molar-refractivity contribution in [2.75, 3.05) is 7.05 Å². The summed E-state index contributed by atoms with van der Waals surface area (Å²) in [5.41, 5.74) is 0.505. The van der Waals surface area contributed by atoms with E-state index in [-0.39, 0.29) is 18.3 Å². The highest BCUT2D eigenvalue weighted by molar-refractivity contribution is 5.75. The van der Waals surface area contributed by atoms with E-state index in [0.29, 0.717) is 23.7 Å². The van der Waals surface area contributed by atoms with E-state index in [9.17, 15) is 14.3 Å². The smallest absolute Gasteiger partial charge is 0.242 e. The van der Waals surface area contributed by atoms with Gasteiger partial charge in [-0.25, -0.2) is 9.37 Å². The lowest BCUT2D eigenvalue weighted by Crippen LogP contribution is -2.30. The number of furan rings is 1. The van der Waals surface area contributed by atoms with Gasteiger partial charge in [0.05, 0.1) is 12.8 Å². The van der Waals surface area contributed by atoms with Crippen LogP contribution in [0.5, 0.6) is 0 Å². The van der Waals surface area contributed by atoms with Crippen LogP contribution in [-0.4, -0.2) is 32.5 Å². The number of aromatic nitrogens is 2. The molecule has 2 aromatic heterocycles. The average molecular weight is 343 g/mol. The van der Waals surface area contributed by atoms with Crippen LogP contribution in [0.2, 0.25) is 0 Å². The monoisotopic (exact) mass is 343 g/mol. The predicted octanol–water partition coefficient (Wildman–Crippen LogP) is 2.36. The molecule has 6 nitrogen and oxygen atoms in total. The van der Waals surface area contributed by atoms with E-state index in [2.05, 4.69) is 4.98 Å². The summed E-state index contributed by atoms with van der Waals surface area (Å²) in [6.07, 6.45) is 3.65. The first-order valence-electron chi connectivity index (χ1n) is 7.75. The number of nitrogens with zero attached hydrogens (tertiary/aromatic N) is 3. The van der Waals surface area contributed by atoms with Gasteiger partial charge in [0.25, 0.3) is 0 Å². The maximum Gasteiger partial charge on any atom is 0.242 e. The van der Waals surface area contributed by atoms with Crippen LogP contribution >= 0.6 is 0 Å². The summed E-state index contributed by atoms with van der Waals surface area (Å²) in [7, 11) is 1.68. The SMILES string of the molecule is CN(Cc1ccco1)C(=O)Cn1ccnc1[C@@H](O)c1ccc(F)cc1. The third-order valence-electron chi connectivity index (χ3n) is 3.88. The van der Waals surface area contributed by atoms with Gasteiger partial charge in [0, 0.05) is 19.4 Å². The molecule has 0 fully saturated rings. The molecule has 0 radical (unpaired) electrons. The number of benzene rings is 1. The zero-order valence-corrected chi connectivity index (χ0v) is 13.7. The van der Waals surface area contributed by atoms with Crippen LogP contribution < -0.4 is 0 Å². The van der Waals surface area contributed by atoms with Crippen molar-refractivity contribution in [1.29, 1.82) is 0 Å². The number of likely N-dealkylation sites (N-methyl/N-ethyl adjacent to an activating group) is 1. The van der Waals surface area contributed by atoms with Crippen LogP contribution in [0.4, 0.5) is 4.39 Å². The molecule has 1 amide bonds. The fourth-order valence-corrected chi connectivity index (χ4v) is 2.49. The molecule has 3 aromatic rings. The van der Waals surface area contributed by atoms with Gasteiger partial charge >= 0.3 is 0 Å². The van der Waals surface area contributed by atoms with E-state index in [0.717, 1.165) is 0 Å². The molecule has 3 rings (SSSR count). The van der Waals surface area contributed by atoms with Crippen LogP contribution in [0.15, 0.2) is 59.5 Å². The zero-order chi connectivity index (χ0) is 17.8. The maximum absolute atomic E-state index is 13.0. The second-order valence-corrected chi connectivity index (χ2v) is 5.70. The summed E-state index contributed by atoms with van der Waals surface area (Å²) in [4.78, 5) is 18.1. The number of aliphatic hydroxyl groups is 1. The van der Waals surface area contributed by atoms with Crippen molar-refractivity contribution in [3.63, 3.8) is 0 Å². The molecule has 0 spiro atoms. The molecular formula is C18H18FN3O3. The van der Waals surface area contributed by atoms with Crippen LogP contribution in [-0.2, 0) is 17.9 Å². The molecule has 0 aliphatic carbocycles. The summed E-state index contributed by atoms with van der Waals surface area (Å²) in [5.74, 6) is 0.482. The lowest BCUT2D eigenvalue weighted by molar-refractivity contribution is -0.131. The molecule has 0 saturated carbocycles. The van der Waals surface area contributed by atoms with Crippen molar-refractivity contribution in [3.8, 4) is 0 Å². The summed E-state index contributed by atoms with van der Waals surface area (Å²) in [5, 5.41) is 10.5. The molecule has 0 unspecified atom stereocenters. The van der Waals surface area contributed by atoms with E-state index in [1.165, 1.54) is 35.4 Å². The Hall–Kier alpha value is -2.93. The minimum Gasteiger partial charge on any atom is -0.467 e. The minimum atomic E-state index is -1.04. The Morgan fingerprint density at radius 3 is 2.80 bits per heavy atom. The van der Waals surface area contributed by atoms with Gasteiger partial charge in [-0.05, 0) is 29.8 Å². The molecule has 1 aromatic carbocycles. The van der Waals surface area contributed by atoms with E-state index in [1.54, 1.807) is 36.2 Å². The number of imidazole rings is 1. The lowest BCUT2D eigenvalue weighted by atomic mass is 10.1. The van der Waals surface area contributed by atoms with E-state index in [4.69, 9.17) is 4.42 Å². The molecular weight excluding hydrogens is 325 g/mol. The summed E-state index contributed by atoms with van der Waals surface area (Å²) in [6, 6.07) is 9.08. The molecule has 130 valence electrons. The van der Waals surface area contributed by atoms with Gasteiger partial charge in [-0.3, -0.25) is 4.79 Å². The highest BCUT2D eigenvalue weighted by atomic mass is 19.1. The quantitative estimate of drug-likeness (QED) is 0.746. The highest BCUT2D eigenvalue weighted by Gasteiger charge is 2.19. The summed E-state index contributed by atoms with van der Waals surface area (Å²) >= 11 is 0. The van der Waals surface area contributed by atoms with Gasteiger partial charge < -0.3 is 19.0 Å². The van der Waals surface area contributed by atoms with Crippen molar-refractivity contribution in [1.82, 2.24) is 14.5 Å². The zero-order valence-electron chi connectivity index (χ0n) is 13.7. The number of hydrogen-bond acceptors (Lipinski definition) is 4. The second kappa shape index (κ2) is 7.31. The van der Waals surface area contributed by atoms with Gasteiger partial charge in [0.1, 0.15) is 30.1 Å². The number of carbonyl (C=O) groups is 1. The Balaban J connectivity index is 1.70. The van der Waals surface area contributed by atoms with Crippen LogP contribution in [0.1, 0.15) is 23.3 Å². The molecule has 1 N–H and O–H groups in total. The first-order valence-corrected chi connectivity index (χ1v) is 7.75. The lowest BCUT2D eigenvalue weighted by Gasteiger charge is -2.18. The number of aliphatic hydroxyl groups excluding tert-OH is 1. The van der Waals surface area contributed by atoms with Crippen molar-refractivity contribution in [2.45, 2.75) is 19.2 Å². The molecule has 1 atom stereocenters.